The number of halogens is 1. The van der Waals surface area contributed by atoms with E-state index < -0.39 is 0 Å². The molecule has 0 spiro atoms. The van der Waals surface area contributed by atoms with Crippen LogP contribution in [0, 0.1) is 12.8 Å². The number of hydrogen-bond donors (Lipinski definition) is 2. The Bertz CT molecular complexity index is 1090. The van der Waals surface area contributed by atoms with E-state index in [1.165, 1.54) is 0 Å². The van der Waals surface area contributed by atoms with Crippen molar-refractivity contribution < 1.29 is 9.59 Å². The van der Waals surface area contributed by atoms with Crippen LogP contribution in [-0.2, 0) is 9.59 Å². The van der Waals surface area contributed by atoms with Crippen LogP contribution in [0.5, 0.6) is 0 Å². The van der Waals surface area contributed by atoms with Crippen LogP contribution >= 0.6 is 15.9 Å². The van der Waals surface area contributed by atoms with E-state index in [9.17, 15) is 9.59 Å². The van der Waals surface area contributed by atoms with E-state index in [0.717, 1.165) is 10.2 Å². The molecular formula is C21H22BrN7O2. The quantitative estimate of drug-likeness (QED) is 0.499. The molecule has 0 aliphatic carbocycles. The monoisotopic (exact) mass is 483 g/mol. The topological polar surface area (TPSA) is 105 Å². The fraction of sp³-hybridized carbons (Fsp3) is 0.286. The molecule has 1 aliphatic rings. The number of amides is 2. The first-order chi connectivity index (χ1) is 15.0. The summed E-state index contributed by atoms with van der Waals surface area (Å²) in [5, 5.41) is 10.3. The summed E-state index contributed by atoms with van der Waals surface area (Å²) in [6.45, 7) is 3.11. The summed E-state index contributed by atoms with van der Waals surface area (Å²) in [7, 11) is 0. The molecule has 4 rings (SSSR count). The van der Waals surface area contributed by atoms with E-state index in [1.807, 2.05) is 43.5 Å². The minimum Gasteiger partial charge on any atom is -0.368 e. The number of carbonyl (C=O) groups excluding carboxylic acids is 2. The Balaban J connectivity index is 1.28. The lowest BCUT2D eigenvalue weighted by atomic mass is 10.1. The molecule has 3 aromatic rings. The van der Waals surface area contributed by atoms with E-state index in [1.54, 1.807) is 21.8 Å². The van der Waals surface area contributed by atoms with Gasteiger partial charge in [-0.1, -0.05) is 22.0 Å². The second-order valence-electron chi connectivity index (χ2n) is 7.21. The minimum absolute atomic E-state index is 0.0426. The predicted molar refractivity (Wildman–Crippen MR) is 120 cm³/mol. The molecule has 2 aromatic heterocycles. The van der Waals surface area contributed by atoms with Crippen molar-refractivity contribution in [3.63, 3.8) is 0 Å². The number of aryl methyl sites for hydroxylation is 1. The van der Waals surface area contributed by atoms with Gasteiger partial charge in [0, 0.05) is 54.7 Å². The highest BCUT2D eigenvalue weighted by atomic mass is 79.9. The summed E-state index contributed by atoms with van der Waals surface area (Å²) in [6, 6.07) is 11.1. The van der Waals surface area contributed by atoms with E-state index >= 15 is 0 Å². The molecule has 9 nitrogen and oxygen atoms in total. The van der Waals surface area contributed by atoms with Crippen molar-refractivity contribution >= 4 is 39.2 Å². The van der Waals surface area contributed by atoms with Crippen molar-refractivity contribution in [1.82, 2.24) is 25.1 Å². The van der Waals surface area contributed by atoms with Crippen LogP contribution < -0.4 is 15.5 Å². The van der Waals surface area contributed by atoms with Gasteiger partial charge in [-0.15, -0.1) is 0 Å². The van der Waals surface area contributed by atoms with Crippen LogP contribution in [0.3, 0.4) is 0 Å². The minimum atomic E-state index is -0.362. The van der Waals surface area contributed by atoms with E-state index in [-0.39, 0.29) is 24.2 Å². The summed E-state index contributed by atoms with van der Waals surface area (Å²) in [5.41, 5.74) is 0.795. The highest BCUT2D eigenvalue weighted by molar-refractivity contribution is 9.10. The number of nitrogens with one attached hydrogen (secondary N) is 2. The first-order valence-electron chi connectivity index (χ1n) is 9.93. The standard InChI is InChI=1S/C21H22BrN7O2/c1-14-26-18(12-19(27-14)29-9-3-6-25-29)23-7-8-24-21(31)15-10-20(30)28(13-15)17-5-2-4-16(22)11-17/h2-6,9,11-12,15H,7-8,10,13H2,1H3,(H,24,31)(H,23,26,27)/t15-/m0/s1. The van der Waals surface area contributed by atoms with Gasteiger partial charge >= 0.3 is 0 Å². The third-order valence-corrected chi connectivity index (χ3v) is 5.40. The van der Waals surface area contributed by atoms with Crippen molar-refractivity contribution in [2.45, 2.75) is 13.3 Å². The SMILES string of the molecule is Cc1nc(NCCNC(=O)[C@H]2CC(=O)N(c3cccc(Br)c3)C2)cc(-n2cccn2)n1. The molecule has 31 heavy (non-hydrogen) atoms. The van der Waals surface area contributed by atoms with Crippen LogP contribution in [0.25, 0.3) is 5.82 Å². The van der Waals surface area contributed by atoms with Gasteiger partial charge in [-0.25, -0.2) is 14.6 Å². The van der Waals surface area contributed by atoms with Gasteiger partial charge in [0.1, 0.15) is 11.6 Å². The first-order valence-corrected chi connectivity index (χ1v) is 10.7. The third-order valence-electron chi connectivity index (χ3n) is 4.91. The number of benzene rings is 1. The van der Waals surface area contributed by atoms with Crippen molar-refractivity contribution in [3.05, 3.63) is 59.1 Å². The fourth-order valence-electron chi connectivity index (χ4n) is 3.46. The average Bonchev–Trinajstić information content (AvgIpc) is 3.41. The molecule has 0 radical (unpaired) electrons. The molecule has 10 heteroatoms. The van der Waals surface area contributed by atoms with Gasteiger partial charge in [-0.05, 0) is 31.2 Å². The van der Waals surface area contributed by atoms with Crippen LogP contribution in [0.2, 0.25) is 0 Å². The van der Waals surface area contributed by atoms with Gasteiger partial charge in [0.15, 0.2) is 5.82 Å². The molecule has 0 saturated carbocycles. The summed E-state index contributed by atoms with van der Waals surface area (Å²) in [4.78, 5) is 35.3. The van der Waals surface area contributed by atoms with E-state index in [4.69, 9.17) is 0 Å². The lowest BCUT2D eigenvalue weighted by Gasteiger charge is -2.17. The highest BCUT2D eigenvalue weighted by Crippen LogP contribution is 2.27. The van der Waals surface area contributed by atoms with Crippen LogP contribution in [0.1, 0.15) is 12.2 Å². The number of nitrogens with zero attached hydrogens (tertiary/aromatic N) is 5. The fourth-order valence-corrected chi connectivity index (χ4v) is 3.85. The van der Waals surface area contributed by atoms with Crippen LogP contribution in [0.4, 0.5) is 11.5 Å². The zero-order valence-electron chi connectivity index (χ0n) is 17.0. The largest absolute Gasteiger partial charge is 0.368 e. The Morgan fingerprint density at radius 1 is 1.23 bits per heavy atom. The highest BCUT2D eigenvalue weighted by Gasteiger charge is 2.34. The van der Waals surface area contributed by atoms with Crippen LogP contribution in [-0.4, -0.2) is 51.2 Å². The summed E-state index contributed by atoms with van der Waals surface area (Å²) < 4.78 is 2.56. The maximum Gasteiger partial charge on any atom is 0.227 e. The van der Waals surface area contributed by atoms with Crippen molar-refractivity contribution in [3.8, 4) is 5.82 Å². The second kappa shape index (κ2) is 9.25. The van der Waals surface area contributed by atoms with Crippen molar-refractivity contribution in [2.75, 3.05) is 29.9 Å². The van der Waals surface area contributed by atoms with E-state index in [2.05, 4.69) is 41.6 Å². The molecule has 160 valence electrons. The molecule has 2 N–H and O–H groups in total. The van der Waals surface area contributed by atoms with Gasteiger partial charge in [-0.3, -0.25) is 9.59 Å². The van der Waals surface area contributed by atoms with Crippen molar-refractivity contribution in [2.24, 2.45) is 5.92 Å². The number of aromatic nitrogens is 4. The van der Waals surface area contributed by atoms with Crippen LogP contribution in [0.15, 0.2) is 53.3 Å². The van der Waals surface area contributed by atoms with Crippen molar-refractivity contribution in [1.29, 1.82) is 0 Å². The molecule has 0 unspecified atom stereocenters. The molecule has 1 aliphatic heterocycles. The number of rotatable bonds is 7. The molecule has 0 bridgehead atoms. The first kappa shape index (κ1) is 21.0. The average molecular weight is 484 g/mol. The lowest BCUT2D eigenvalue weighted by molar-refractivity contribution is -0.126. The maximum atomic E-state index is 12.5. The summed E-state index contributed by atoms with van der Waals surface area (Å²) in [6.07, 6.45) is 3.71. The Labute approximate surface area is 188 Å². The second-order valence-corrected chi connectivity index (χ2v) is 8.13. The molecule has 3 heterocycles. The Hall–Kier alpha value is -3.27. The smallest absolute Gasteiger partial charge is 0.227 e. The molecule has 1 atom stereocenters. The molecular weight excluding hydrogens is 462 g/mol. The zero-order chi connectivity index (χ0) is 21.8. The number of anilines is 2. The third kappa shape index (κ3) is 5.08. The molecule has 1 aromatic carbocycles. The zero-order valence-corrected chi connectivity index (χ0v) is 18.5. The number of hydrogen-bond acceptors (Lipinski definition) is 6. The predicted octanol–water partition coefficient (Wildman–Crippen LogP) is 2.31. The molecule has 2 amide bonds. The molecule has 1 saturated heterocycles. The Morgan fingerprint density at radius 3 is 2.87 bits per heavy atom. The normalized spacial score (nSPS) is 15.9. The van der Waals surface area contributed by atoms with E-state index in [0.29, 0.717) is 37.1 Å². The number of carbonyl (C=O) groups is 2. The van der Waals surface area contributed by atoms with Gasteiger partial charge < -0.3 is 15.5 Å². The van der Waals surface area contributed by atoms with Gasteiger partial charge in [0.2, 0.25) is 11.8 Å². The molecule has 1 fully saturated rings. The van der Waals surface area contributed by atoms with Gasteiger partial charge in [-0.2, -0.15) is 5.10 Å². The Morgan fingerprint density at radius 2 is 2.10 bits per heavy atom. The maximum absolute atomic E-state index is 12.5. The Kier molecular flexibility index (Phi) is 6.26. The van der Waals surface area contributed by atoms with Gasteiger partial charge in [0.05, 0.1) is 5.92 Å². The summed E-state index contributed by atoms with van der Waals surface area (Å²) >= 11 is 3.42. The lowest BCUT2D eigenvalue weighted by Crippen LogP contribution is -2.35. The van der Waals surface area contributed by atoms with Gasteiger partial charge in [0.25, 0.3) is 0 Å². The summed E-state index contributed by atoms with van der Waals surface area (Å²) in [5.74, 6) is 1.42.